The van der Waals surface area contributed by atoms with Crippen LogP contribution in [0.3, 0.4) is 0 Å². The highest BCUT2D eigenvalue weighted by Crippen LogP contribution is 2.41. The highest BCUT2D eigenvalue weighted by Gasteiger charge is 2.50. The topological polar surface area (TPSA) is 84.0 Å². The van der Waals surface area contributed by atoms with Crippen LogP contribution < -0.4 is 10.2 Å². The van der Waals surface area contributed by atoms with Crippen LogP contribution in [0, 0.1) is 11.3 Å². The van der Waals surface area contributed by atoms with Crippen molar-refractivity contribution in [2.45, 2.75) is 27.2 Å². The van der Waals surface area contributed by atoms with E-state index in [0.29, 0.717) is 35.4 Å². The number of aromatic amines is 1. The van der Waals surface area contributed by atoms with Crippen molar-refractivity contribution >= 4 is 33.9 Å². The summed E-state index contributed by atoms with van der Waals surface area (Å²) >= 11 is 0. The summed E-state index contributed by atoms with van der Waals surface area (Å²) in [6, 6.07) is 13.8. The van der Waals surface area contributed by atoms with E-state index >= 15 is 0 Å². The molecule has 7 heteroatoms. The van der Waals surface area contributed by atoms with Crippen molar-refractivity contribution < 1.29 is 9.90 Å². The number of amides is 1. The van der Waals surface area contributed by atoms with Gasteiger partial charge in [-0.25, -0.2) is 0 Å². The molecule has 35 heavy (non-hydrogen) atoms. The number of nitrogens with zero attached hydrogens (tertiary/aromatic N) is 3. The molecule has 2 saturated heterocycles. The van der Waals surface area contributed by atoms with Crippen molar-refractivity contribution in [3.8, 4) is 5.88 Å². The number of likely N-dealkylation sites (tertiary alicyclic amines) is 1. The number of H-pyrrole nitrogens is 1. The van der Waals surface area contributed by atoms with Crippen LogP contribution in [0.4, 0.5) is 11.4 Å². The van der Waals surface area contributed by atoms with Crippen molar-refractivity contribution in [2.24, 2.45) is 16.3 Å². The molecule has 2 aliphatic heterocycles. The van der Waals surface area contributed by atoms with Gasteiger partial charge in [-0.2, -0.15) is 0 Å². The molecule has 2 aromatic carbocycles. The molecule has 3 heterocycles. The Labute approximate surface area is 206 Å². The lowest BCUT2D eigenvalue weighted by Crippen LogP contribution is -2.71. The van der Waals surface area contributed by atoms with Crippen molar-refractivity contribution in [3.63, 3.8) is 0 Å². The fourth-order valence-corrected chi connectivity index (χ4v) is 5.46. The molecule has 5 rings (SSSR count). The van der Waals surface area contributed by atoms with E-state index < -0.39 is 0 Å². The van der Waals surface area contributed by atoms with Crippen molar-refractivity contribution in [1.82, 2.24) is 15.2 Å². The van der Waals surface area contributed by atoms with Gasteiger partial charge in [-0.3, -0.25) is 9.79 Å². The van der Waals surface area contributed by atoms with E-state index in [9.17, 15) is 9.90 Å². The Morgan fingerprint density at radius 2 is 1.86 bits per heavy atom. The number of hydrogen-bond donors (Lipinski definition) is 3. The van der Waals surface area contributed by atoms with E-state index in [4.69, 9.17) is 4.99 Å². The molecule has 0 radical (unpaired) electrons. The van der Waals surface area contributed by atoms with Crippen LogP contribution in [0.2, 0.25) is 0 Å². The summed E-state index contributed by atoms with van der Waals surface area (Å²) < 4.78 is 0. The minimum absolute atomic E-state index is 0.0771. The van der Waals surface area contributed by atoms with Gasteiger partial charge in [0.25, 0.3) is 5.91 Å². The summed E-state index contributed by atoms with van der Waals surface area (Å²) in [6.45, 7) is 11.4. The summed E-state index contributed by atoms with van der Waals surface area (Å²) in [5.41, 5.74) is 5.37. The zero-order valence-electron chi connectivity index (χ0n) is 21.1. The molecule has 184 valence electrons. The van der Waals surface area contributed by atoms with Crippen LogP contribution in [0.5, 0.6) is 5.88 Å². The second kappa shape index (κ2) is 9.04. The maximum atomic E-state index is 12.6. The molecular formula is C28H35N5O2. The van der Waals surface area contributed by atoms with Crippen molar-refractivity contribution in [2.75, 3.05) is 44.7 Å². The van der Waals surface area contributed by atoms with Crippen LogP contribution in [-0.2, 0) is 0 Å². The Morgan fingerprint density at radius 3 is 2.49 bits per heavy atom. The molecule has 0 atom stereocenters. The molecule has 2 aliphatic rings. The molecule has 1 spiro atoms. The highest BCUT2D eigenvalue weighted by atomic mass is 16.3. The lowest BCUT2D eigenvalue weighted by molar-refractivity contribution is -0.00238. The van der Waals surface area contributed by atoms with Crippen LogP contribution in [-0.4, -0.2) is 66.4 Å². The van der Waals surface area contributed by atoms with Gasteiger partial charge in [-0.05, 0) is 61.9 Å². The number of aliphatic imine (C=N–C) groups is 1. The first kappa shape index (κ1) is 23.4. The van der Waals surface area contributed by atoms with Gasteiger partial charge in [0.05, 0.1) is 17.0 Å². The molecule has 3 aromatic rings. The minimum Gasteiger partial charge on any atom is -0.494 e. The molecule has 7 nitrogen and oxygen atoms in total. The molecule has 0 saturated carbocycles. The van der Waals surface area contributed by atoms with E-state index in [1.165, 1.54) is 18.8 Å². The predicted octanol–water partition coefficient (Wildman–Crippen LogP) is 4.54. The fourth-order valence-electron chi connectivity index (χ4n) is 5.46. The number of rotatable bonds is 7. The summed E-state index contributed by atoms with van der Waals surface area (Å²) in [7, 11) is 2.18. The van der Waals surface area contributed by atoms with Crippen LogP contribution >= 0.6 is 0 Å². The summed E-state index contributed by atoms with van der Waals surface area (Å²) in [6.07, 6.45) is 0.647. The van der Waals surface area contributed by atoms with Gasteiger partial charge in [0.15, 0.2) is 5.88 Å². The van der Waals surface area contributed by atoms with Gasteiger partial charge in [0, 0.05) is 60.3 Å². The molecule has 1 amide bonds. The number of benzene rings is 2. The van der Waals surface area contributed by atoms with E-state index in [-0.39, 0.29) is 11.8 Å². The number of carbonyl (C=O) groups is 1. The first-order valence-electron chi connectivity index (χ1n) is 12.5. The van der Waals surface area contributed by atoms with Crippen LogP contribution in [0.1, 0.15) is 43.1 Å². The van der Waals surface area contributed by atoms with Gasteiger partial charge >= 0.3 is 0 Å². The van der Waals surface area contributed by atoms with E-state index in [0.717, 1.165) is 35.4 Å². The Morgan fingerprint density at radius 1 is 1.14 bits per heavy atom. The van der Waals surface area contributed by atoms with Crippen LogP contribution in [0.15, 0.2) is 47.5 Å². The quantitative estimate of drug-likeness (QED) is 0.440. The lowest BCUT2D eigenvalue weighted by Gasteiger charge is -2.60. The Bertz CT molecular complexity index is 1260. The first-order valence-corrected chi connectivity index (χ1v) is 12.5. The number of aromatic nitrogens is 1. The highest BCUT2D eigenvalue weighted by molar-refractivity contribution is 6.14. The van der Waals surface area contributed by atoms with Crippen molar-refractivity contribution in [3.05, 3.63) is 53.6 Å². The molecule has 0 aliphatic carbocycles. The minimum atomic E-state index is -0.112. The Hall–Kier alpha value is -3.32. The monoisotopic (exact) mass is 473 g/mol. The maximum Gasteiger partial charge on any atom is 0.251 e. The third-order valence-electron chi connectivity index (χ3n) is 7.08. The second-order valence-corrected chi connectivity index (χ2v) is 10.7. The number of carbonyl (C=O) groups excluding carboxylic acids is 1. The Kier molecular flexibility index (Phi) is 6.05. The maximum absolute atomic E-state index is 12.6. The summed E-state index contributed by atoms with van der Waals surface area (Å²) in [5, 5.41) is 14.5. The van der Waals surface area contributed by atoms with E-state index in [2.05, 4.69) is 53.1 Å². The Balaban J connectivity index is 1.38. The smallest absolute Gasteiger partial charge is 0.251 e. The van der Waals surface area contributed by atoms with Gasteiger partial charge in [-0.1, -0.05) is 20.8 Å². The summed E-state index contributed by atoms with van der Waals surface area (Å²) in [4.78, 5) is 25.3. The molecule has 0 unspecified atom stereocenters. The van der Waals surface area contributed by atoms with E-state index in [1.54, 1.807) is 6.07 Å². The molecular weight excluding hydrogens is 438 g/mol. The van der Waals surface area contributed by atoms with E-state index in [1.807, 2.05) is 31.2 Å². The molecule has 2 fully saturated rings. The zero-order chi connectivity index (χ0) is 24.7. The van der Waals surface area contributed by atoms with Crippen LogP contribution in [0.25, 0.3) is 10.9 Å². The molecule has 0 bridgehead atoms. The summed E-state index contributed by atoms with van der Waals surface area (Å²) in [5.74, 6) is 0.342. The van der Waals surface area contributed by atoms with Crippen molar-refractivity contribution in [1.29, 1.82) is 0 Å². The third kappa shape index (κ3) is 4.52. The number of anilines is 1. The molecule has 3 N–H and O–H groups in total. The SMILES string of the molecule is CCC(=Nc1ccc(N2CC3(CN(C)C3)C2)cc1)c1c(O)[nH]c2ccc(C(=O)NCC(C)C)cc12. The average Bonchev–Trinajstić information content (AvgIpc) is 3.12. The molecule has 1 aromatic heterocycles. The number of aromatic hydroxyl groups is 1. The number of hydrogen-bond acceptors (Lipinski definition) is 5. The zero-order valence-corrected chi connectivity index (χ0v) is 21.1. The predicted molar refractivity (Wildman–Crippen MR) is 142 cm³/mol. The first-order chi connectivity index (χ1) is 16.8. The fraction of sp³-hybridized carbons (Fsp3) is 0.429. The third-order valence-corrected chi connectivity index (χ3v) is 7.08. The normalized spacial score (nSPS) is 17.6. The van der Waals surface area contributed by atoms with Gasteiger partial charge in [-0.15, -0.1) is 0 Å². The second-order valence-electron chi connectivity index (χ2n) is 10.7. The van der Waals surface area contributed by atoms with Gasteiger partial charge in [0.2, 0.25) is 0 Å². The average molecular weight is 474 g/mol. The van der Waals surface area contributed by atoms with Gasteiger partial charge < -0.3 is 25.2 Å². The standard InChI is InChI=1S/C28H35N5O2/c1-5-23(30-20-7-9-21(10-8-20)33-16-28(17-33)14-32(4)15-28)25-22-12-19(26(34)29-13-18(2)3)6-11-24(22)31-27(25)35/h6-12,18,31,35H,5,13-17H2,1-4H3,(H,29,34). The van der Waals surface area contributed by atoms with Gasteiger partial charge in [0.1, 0.15) is 0 Å². The lowest BCUT2D eigenvalue weighted by atomic mass is 9.73. The largest absolute Gasteiger partial charge is 0.494 e. The number of nitrogens with one attached hydrogen (secondary N) is 2. The number of fused-ring (bicyclic) bond motifs is 1.